The van der Waals surface area contributed by atoms with Gasteiger partial charge < -0.3 is 10.4 Å². The van der Waals surface area contributed by atoms with Crippen molar-refractivity contribution in [1.82, 2.24) is 4.90 Å². The lowest BCUT2D eigenvalue weighted by Crippen LogP contribution is -2.51. The first kappa shape index (κ1) is 15.9. The van der Waals surface area contributed by atoms with Crippen LogP contribution in [0.5, 0.6) is 0 Å². The van der Waals surface area contributed by atoms with Crippen LogP contribution in [0.3, 0.4) is 0 Å². The molecular formula is C16H23FN2O2. The minimum absolute atomic E-state index is 0.127. The van der Waals surface area contributed by atoms with Gasteiger partial charge >= 0.3 is 0 Å². The maximum atomic E-state index is 13.1. The Bertz CT molecular complexity index is 509. The van der Waals surface area contributed by atoms with Gasteiger partial charge in [0.2, 0.25) is 5.91 Å². The van der Waals surface area contributed by atoms with E-state index in [1.807, 2.05) is 13.8 Å². The molecule has 5 heteroatoms. The van der Waals surface area contributed by atoms with E-state index in [0.717, 1.165) is 19.4 Å². The van der Waals surface area contributed by atoms with Gasteiger partial charge in [-0.25, -0.2) is 4.39 Å². The molecule has 1 aromatic rings. The van der Waals surface area contributed by atoms with Crippen LogP contribution in [-0.4, -0.2) is 41.7 Å². The lowest BCUT2D eigenvalue weighted by Gasteiger charge is -2.41. The van der Waals surface area contributed by atoms with Crippen LogP contribution in [0.25, 0.3) is 0 Å². The zero-order valence-electron chi connectivity index (χ0n) is 12.6. The number of halogens is 1. The third-order valence-corrected chi connectivity index (χ3v) is 4.21. The van der Waals surface area contributed by atoms with Crippen LogP contribution < -0.4 is 5.32 Å². The zero-order valence-corrected chi connectivity index (χ0v) is 12.6. The molecule has 1 aromatic carbocycles. The number of benzene rings is 1. The number of hydrogen-bond acceptors (Lipinski definition) is 3. The van der Waals surface area contributed by atoms with Gasteiger partial charge in [-0.1, -0.05) is 13.0 Å². The lowest BCUT2D eigenvalue weighted by molar-refractivity contribution is -0.122. The Morgan fingerprint density at radius 2 is 2.33 bits per heavy atom. The van der Waals surface area contributed by atoms with Crippen LogP contribution in [0.2, 0.25) is 0 Å². The Kier molecular flexibility index (Phi) is 4.96. The van der Waals surface area contributed by atoms with Gasteiger partial charge in [0.05, 0.1) is 6.04 Å². The molecule has 116 valence electrons. The monoisotopic (exact) mass is 294 g/mol. The largest absolute Gasteiger partial charge is 0.396 e. The first-order chi connectivity index (χ1) is 9.93. The van der Waals surface area contributed by atoms with Gasteiger partial charge in [-0.2, -0.15) is 0 Å². The number of nitrogens with zero attached hydrogens (tertiary/aromatic N) is 1. The average molecular weight is 294 g/mol. The number of hydrogen-bond donors (Lipinski definition) is 2. The van der Waals surface area contributed by atoms with Crippen molar-refractivity contribution in [2.24, 2.45) is 5.41 Å². The smallest absolute Gasteiger partial charge is 0.241 e. The number of rotatable bonds is 4. The van der Waals surface area contributed by atoms with E-state index in [4.69, 9.17) is 0 Å². The maximum Gasteiger partial charge on any atom is 0.241 e. The fourth-order valence-corrected chi connectivity index (χ4v) is 2.80. The van der Waals surface area contributed by atoms with Gasteiger partial charge in [0.1, 0.15) is 5.82 Å². The van der Waals surface area contributed by atoms with E-state index in [9.17, 15) is 14.3 Å². The first-order valence-electron chi connectivity index (χ1n) is 7.35. The van der Waals surface area contributed by atoms with Crippen molar-refractivity contribution in [3.8, 4) is 0 Å². The van der Waals surface area contributed by atoms with Gasteiger partial charge in [-0.15, -0.1) is 0 Å². The lowest BCUT2D eigenvalue weighted by atomic mass is 9.82. The highest BCUT2D eigenvalue weighted by atomic mass is 19.1. The molecule has 0 aromatic heterocycles. The molecule has 1 aliphatic heterocycles. The average Bonchev–Trinajstić information content (AvgIpc) is 2.46. The van der Waals surface area contributed by atoms with Gasteiger partial charge in [0.25, 0.3) is 0 Å². The fraction of sp³-hybridized carbons (Fsp3) is 0.562. The molecule has 2 rings (SSSR count). The molecule has 1 heterocycles. The minimum atomic E-state index is -0.369. The number of amides is 1. The summed E-state index contributed by atoms with van der Waals surface area (Å²) >= 11 is 0. The van der Waals surface area contributed by atoms with Crippen LogP contribution in [0.1, 0.15) is 26.7 Å². The third-order valence-electron chi connectivity index (χ3n) is 4.21. The van der Waals surface area contributed by atoms with Crippen LogP contribution in [0.4, 0.5) is 10.1 Å². The summed E-state index contributed by atoms with van der Waals surface area (Å²) < 4.78 is 13.1. The molecule has 4 nitrogen and oxygen atoms in total. The predicted molar refractivity (Wildman–Crippen MR) is 80.5 cm³/mol. The summed E-state index contributed by atoms with van der Waals surface area (Å²) in [4.78, 5) is 14.4. The molecule has 1 aliphatic rings. The summed E-state index contributed by atoms with van der Waals surface area (Å²) in [7, 11) is 0. The van der Waals surface area contributed by atoms with Crippen molar-refractivity contribution in [1.29, 1.82) is 0 Å². The molecular weight excluding hydrogens is 271 g/mol. The third kappa shape index (κ3) is 4.02. The summed E-state index contributed by atoms with van der Waals surface area (Å²) in [5.74, 6) is -0.519. The molecule has 1 amide bonds. The molecule has 1 fully saturated rings. The molecule has 2 unspecified atom stereocenters. The second-order valence-electron chi connectivity index (χ2n) is 6.22. The molecule has 0 saturated carbocycles. The molecule has 0 radical (unpaired) electrons. The van der Waals surface area contributed by atoms with Gasteiger partial charge in [-0.05, 0) is 44.5 Å². The summed E-state index contributed by atoms with van der Waals surface area (Å²) in [6, 6.07) is 5.58. The van der Waals surface area contributed by atoms with Crippen molar-refractivity contribution in [3.05, 3.63) is 30.1 Å². The number of nitrogens with one attached hydrogen (secondary N) is 1. The number of likely N-dealkylation sites (tertiary alicyclic amines) is 1. The molecule has 0 spiro atoms. The van der Waals surface area contributed by atoms with Crippen molar-refractivity contribution in [3.63, 3.8) is 0 Å². The number of carbonyl (C=O) groups is 1. The summed E-state index contributed by atoms with van der Waals surface area (Å²) in [5, 5.41) is 12.2. The highest BCUT2D eigenvalue weighted by Crippen LogP contribution is 2.29. The van der Waals surface area contributed by atoms with Crippen LogP contribution >= 0.6 is 0 Å². The second-order valence-corrected chi connectivity index (χ2v) is 6.22. The van der Waals surface area contributed by atoms with Crippen molar-refractivity contribution in [2.75, 3.05) is 25.0 Å². The number of carbonyl (C=O) groups excluding carboxylic acids is 1. The summed E-state index contributed by atoms with van der Waals surface area (Å²) in [5.41, 5.74) is 0.319. The molecule has 0 bridgehead atoms. The SMILES string of the molecule is CC(C(=O)Nc1cccc(F)c1)N1CCCC(C)(CO)C1. The Morgan fingerprint density at radius 3 is 3.00 bits per heavy atom. The van der Waals surface area contributed by atoms with E-state index in [-0.39, 0.29) is 29.8 Å². The Balaban J connectivity index is 1.99. The van der Waals surface area contributed by atoms with E-state index >= 15 is 0 Å². The number of aliphatic hydroxyl groups is 1. The quantitative estimate of drug-likeness (QED) is 0.895. The zero-order chi connectivity index (χ0) is 15.5. The summed E-state index contributed by atoms with van der Waals surface area (Å²) in [6.45, 7) is 5.55. The van der Waals surface area contributed by atoms with Gasteiger partial charge in [0.15, 0.2) is 0 Å². The molecule has 0 aliphatic carbocycles. The maximum absolute atomic E-state index is 13.1. The fourth-order valence-electron chi connectivity index (χ4n) is 2.80. The molecule has 1 saturated heterocycles. The van der Waals surface area contributed by atoms with Crippen LogP contribution in [-0.2, 0) is 4.79 Å². The van der Waals surface area contributed by atoms with Gasteiger partial charge in [0, 0.05) is 24.3 Å². The van der Waals surface area contributed by atoms with Crippen molar-refractivity contribution >= 4 is 11.6 Å². The topological polar surface area (TPSA) is 52.6 Å². The predicted octanol–water partition coefficient (Wildman–Crippen LogP) is 2.25. The Morgan fingerprint density at radius 1 is 1.57 bits per heavy atom. The Labute approximate surface area is 125 Å². The number of anilines is 1. The Hall–Kier alpha value is -1.46. The van der Waals surface area contributed by atoms with E-state index < -0.39 is 0 Å². The number of aliphatic hydroxyl groups excluding tert-OH is 1. The molecule has 2 atom stereocenters. The normalized spacial score (nSPS) is 24.6. The van der Waals surface area contributed by atoms with Crippen LogP contribution in [0, 0.1) is 11.2 Å². The van der Waals surface area contributed by atoms with Crippen molar-refractivity contribution in [2.45, 2.75) is 32.7 Å². The summed E-state index contributed by atoms with van der Waals surface area (Å²) in [6.07, 6.45) is 1.94. The minimum Gasteiger partial charge on any atom is -0.396 e. The highest BCUT2D eigenvalue weighted by Gasteiger charge is 2.34. The van der Waals surface area contributed by atoms with Gasteiger partial charge in [-0.3, -0.25) is 9.69 Å². The van der Waals surface area contributed by atoms with Crippen molar-refractivity contribution < 1.29 is 14.3 Å². The highest BCUT2D eigenvalue weighted by molar-refractivity contribution is 5.94. The van der Waals surface area contributed by atoms with E-state index in [1.165, 1.54) is 12.1 Å². The molecule has 2 N–H and O–H groups in total. The van der Waals surface area contributed by atoms with E-state index in [1.54, 1.807) is 12.1 Å². The first-order valence-corrected chi connectivity index (χ1v) is 7.35. The molecule has 21 heavy (non-hydrogen) atoms. The standard InChI is InChI=1S/C16H23FN2O2/c1-12(19-8-4-7-16(2,10-19)11-20)15(21)18-14-6-3-5-13(17)9-14/h3,5-6,9,12,20H,4,7-8,10-11H2,1-2H3,(H,18,21). The number of piperidine rings is 1. The second kappa shape index (κ2) is 6.54. The van der Waals surface area contributed by atoms with Crippen LogP contribution in [0.15, 0.2) is 24.3 Å². The van der Waals surface area contributed by atoms with E-state index in [2.05, 4.69) is 10.2 Å². The van der Waals surface area contributed by atoms with E-state index in [0.29, 0.717) is 12.2 Å².